The van der Waals surface area contributed by atoms with Crippen molar-refractivity contribution < 1.29 is 20.6 Å². The Bertz CT molecular complexity index is 108. The van der Waals surface area contributed by atoms with Crippen LogP contribution in [0.3, 0.4) is 0 Å². The first-order chi connectivity index (χ1) is 4.76. The first kappa shape index (κ1) is 10.3. The van der Waals surface area contributed by atoms with Crippen LogP contribution in [0.2, 0.25) is 0 Å². The third-order valence-electron chi connectivity index (χ3n) is 0.468. The van der Waals surface area contributed by atoms with E-state index in [2.05, 4.69) is 4.18 Å². The maximum atomic E-state index is 11.5. The van der Waals surface area contributed by atoms with Crippen molar-refractivity contribution in [3.05, 3.63) is 0 Å². The van der Waals surface area contributed by atoms with Gasteiger partial charge in [-0.3, -0.25) is 0 Å². The maximum absolute atomic E-state index is 11.5. The quantitative estimate of drug-likeness (QED) is 0.525. The van der Waals surface area contributed by atoms with Crippen LogP contribution in [0.5, 0.6) is 0 Å². The summed E-state index contributed by atoms with van der Waals surface area (Å²) in [5.74, 6) is -1.28. The van der Waals surface area contributed by atoms with E-state index in [-0.39, 0.29) is 0 Å². The second kappa shape index (κ2) is 6.05. The van der Waals surface area contributed by atoms with E-state index in [9.17, 15) is 16.5 Å². The summed E-state index contributed by atoms with van der Waals surface area (Å²) in [6, 6.07) is 0. The molecule has 0 unspecified atom stereocenters. The zero-order valence-corrected chi connectivity index (χ0v) is 6.70. The number of rotatable bonds is 4. The summed E-state index contributed by atoms with van der Waals surface area (Å²) >= 11 is -1.84. The number of hydrogen-bond acceptors (Lipinski definition) is 5. The number of halogens is 3. The van der Waals surface area contributed by atoms with Gasteiger partial charge in [0.15, 0.2) is 0 Å². The van der Waals surface area contributed by atoms with Gasteiger partial charge in [0.25, 0.3) is 12.4 Å². The highest BCUT2D eigenvalue weighted by Crippen LogP contribution is 2.27. The molecule has 0 aliphatic heterocycles. The Morgan fingerprint density at radius 3 is 2.10 bits per heavy atom. The molecule has 0 rings (SSSR count). The van der Waals surface area contributed by atoms with E-state index in [1.165, 1.54) is 0 Å². The van der Waals surface area contributed by atoms with Gasteiger partial charge in [0.1, 0.15) is 0 Å². The van der Waals surface area contributed by atoms with Crippen molar-refractivity contribution in [3.8, 4) is 0 Å². The summed E-state index contributed by atoms with van der Waals surface area (Å²) in [4.78, 5) is 10.2. The molecule has 8 heteroatoms. The van der Waals surface area contributed by atoms with Crippen LogP contribution in [-0.2, 0) is 8.98 Å². The Labute approximate surface area is 68.3 Å². The van der Waals surface area contributed by atoms with Crippen LogP contribution in [0.1, 0.15) is 0 Å². The van der Waals surface area contributed by atoms with Gasteiger partial charge in [-0.05, 0) is 0 Å². The Morgan fingerprint density at radius 1 is 1.30 bits per heavy atom. The molecule has 60 valence electrons. The van der Waals surface area contributed by atoms with Crippen molar-refractivity contribution in [2.24, 2.45) is 0 Å². The summed E-state index contributed by atoms with van der Waals surface area (Å²) < 4.78 is 35.9. The molecular weight excluding hydrogens is 209 g/mol. The molecule has 0 atom stereocenters. The average Bonchev–Trinajstić information content (AvgIpc) is 1.91. The molecule has 0 aliphatic rings. The van der Waals surface area contributed by atoms with Gasteiger partial charge >= 0.3 is 5.97 Å². The minimum atomic E-state index is -1.65. The summed E-state index contributed by atoms with van der Waals surface area (Å²) in [5, 5.41) is 0. The number of carbonyl (C=O) groups is 1. The normalized spacial score (nSPS) is 10.0. The standard InChI is InChI=1S/C2HF3O2S3/c3-8-2(9-4)1(6)7-10-5/h2H. The summed E-state index contributed by atoms with van der Waals surface area (Å²) in [6.07, 6.45) is 0. The molecule has 0 saturated carbocycles. The van der Waals surface area contributed by atoms with E-state index in [1.807, 2.05) is 0 Å². The smallest absolute Gasteiger partial charge is 0.348 e. The molecule has 0 saturated heterocycles. The zero-order valence-electron chi connectivity index (χ0n) is 4.25. The summed E-state index contributed by atoms with van der Waals surface area (Å²) in [6.45, 7) is 0. The monoisotopic (exact) mass is 210 g/mol. The number of hydrogen-bond donors (Lipinski definition) is 0. The third kappa shape index (κ3) is 3.47. The highest BCUT2D eigenvalue weighted by molar-refractivity contribution is 8.13. The van der Waals surface area contributed by atoms with Gasteiger partial charge in [-0.2, -0.15) is 7.77 Å². The Balaban J connectivity index is 3.65. The third-order valence-corrected chi connectivity index (χ3v) is 1.84. The van der Waals surface area contributed by atoms with Gasteiger partial charge < -0.3 is 4.18 Å². The van der Waals surface area contributed by atoms with Crippen molar-refractivity contribution in [3.63, 3.8) is 0 Å². The van der Waals surface area contributed by atoms with Crippen molar-refractivity contribution in [1.82, 2.24) is 0 Å². The molecule has 0 fully saturated rings. The molecule has 2 nitrogen and oxygen atoms in total. The van der Waals surface area contributed by atoms with Crippen LogP contribution in [-0.4, -0.2) is 10.6 Å². The molecule has 10 heavy (non-hydrogen) atoms. The first-order valence-electron chi connectivity index (χ1n) is 1.80. The largest absolute Gasteiger partial charge is 0.359 e. The van der Waals surface area contributed by atoms with Crippen LogP contribution in [0.25, 0.3) is 0 Å². The lowest BCUT2D eigenvalue weighted by atomic mass is 10.8. The molecule has 0 heterocycles. The summed E-state index contributed by atoms with van der Waals surface area (Å²) in [7, 11) is 0. The molecule has 0 spiro atoms. The number of carbonyl (C=O) groups excluding carboxylic acids is 1. The predicted octanol–water partition coefficient (Wildman–Crippen LogP) is 2.62. The van der Waals surface area contributed by atoms with E-state index >= 15 is 0 Å². The van der Waals surface area contributed by atoms with Gasteiger partial charge in [-0.1, -0.05) is 0 Å². The van der Waals surface area contributed by atoms with Crippen LogP contribution < -0.4 is 0 Å². The zero-order chi connectivity index (χ0) is 7.98. The van der Waals surface area contributed by atoms with Gasteiger partial charge in [0, 0.05) is 0 Å². The maximum Gasteiger partial charge on any atom is 0.348 e. The molecular formula is C2HF3O2S3. The fourth-order valence-electron chi connectivity index (χ4n) is 0.157. The Hall–Kier alpha value is 0.310. The molecule has 0 aromatic carbocycles. The minimum absolute atomic E-state index is 0.549. The second-order valence-electron chi connectivity index (χ2n) is 0.975. The SMILES string of the molecule is O=C(OSF)C(SF)SF. The predicted molar refractivity (Wildman–Crippen MR) is 36.0 cm³/mol. The highest BCUT2D eigenvalue weighted by Gasteiger charge is 2.23. The van der Waals surface area contributed by atoms with E-state index < -0.39 is 47.3 Å². The fourth-order valence-corrected chi connectivity index (χ4v) is 0.789. The average molecular weight is 210 g/mol. The molecule has 0 radical (unpaired) electrons. The lowest BCUT2D eigenvalue weighted by Gasteiger charge is -2.00. The van der Waals surface area contributed by atoms with Crippen LogP contribution in [0.15, 0.2) is 0 Å². The van der Waals surface area contributed by atoms with E-state index in [0.717, 1.165) is 0 Å². The first-order valence-corrected chi connectivity index (χ1v) is 4.00. The molecule has 0 aromatic rings. The van der Waals surface area contributed by atoms with Crippen molar-refractivity contribution >= 4 is 42.7 Å². The van der Waals surface area contributed by atoms with Gasteiger partial charge in [-0.15, -0.1) is 3.89 Å². The Morgan fingerprint density at radius 2 is 1.80 bits per heavy atom. The summed E-state index contributed by atoms with van der Waals surface area (Å²) in [5.41, 5.74) is 0. The van der Waals surface area contributed by atoms with Crippen LogP contribution in [0, 0.1) is 0 Å². The minimum Gasteiger partial charge on any atom is -0.359 e. The lowest BCUT2D eigenvalue weighted by molar-refractivity contribution is -0.131. The van der Waals surface area contributed by atoms with Crippen molar-refractivity contribution in [2.75, 3.05) is 0 Å². The fraction of sp³-hybridized carbons (Fsp3) is 0.500. The molecule has 0 aliphatic carbocycles. The van der Waals surface area contributed by atoms with Crippen LogP contribution >= 0.6 is 36.7 Å². The van der Waals surface area contributed by atoms with E-state index in [4.69, 9.17) is 0 Å². The molecule has 0 bridgehead atoms. The highest BCUT2D eigenvalue weighted by atomic mass is 32.2. The van der Waals surface area contributed by atoms with E-state index in [1.54, 1.807) is 0 Å². The lowest BCUT2D eigenvalue weighted by Crippen LogP contribution is -2.10. The van der Waals surface area contributed by atoms with Gasteiger partial charge in [0.2, 0.25) is 4.58 Å². The Kier molecular flexibility index (Phi) is 6.24. The van der Waals surface area contributed by atoms with Crippen molar-refractivity contribution in [1.29, 1.82) is 0 Å². The second-order valence-corrected chi connectivity index (χ2v) is 2.87. The molecule has 0 aromatic heterocycles. The molecule has 0 amide bonds. The molecule has 0 N–H and O–H groups in total. The van der Waals surface area contributed by atoms with Crippen LogP contribution in [0.4, 0.5) is 11.7 Å². The van der Waals surface area contributed by atoms with Gasteiger partial charge in [-0.25, -0.2) is 4.79 Å². The van der Waals surface area contributed by atoms with Crippen molar-refractivity contribution in [2.45, 2.75) is 4.58 Å². The van der Waals surface area contributed by atoms with Gasteiger partial charge in [0.05, 0.1) is 24.3 Å². The van der Waals surface area contributed by atoms with E-state index in [0.29, 0.717) is 0 Å². The topological polar surface area (TPSA) is 26.3 Å².